The van der Waals surface area contributed by atoms with Crippen LogP contribution in [0.4, 0.5) is 5.69 Å². The van der Waals surface area contributed by atoms with Gasteiger partial charge in [0.1, 0.15) is 5.69 Å². The minimum absolute atomic E-state index is 0.0267. The molecule has 1 fully saturated rings. The Morgan fingerprint density at radius 2 is 2.35 bits per heavy atom. The van der Waals surface area contributed by atoms with Crippen molar-refractivity contribution in [1.29, 1.82) is 0 Å². The summed E-state index contributed by atoms with van der Waals surface area (Å²) in [7, 11) is 1.90. The Morgan fingerprint density at radius 1 is 1.60 bits per heavy atom. The van der Waals surface area contributed by atoms with Crippen molar-refractivity contribution in [3.8, 4) is 0 Å². The molecule has 0 spiro atoms. The van der Waals surface area contributed by atoms with Crippen LogP contribution in [0.25, 0.3) is 0 Å². The van der Waals surface area contributed by atoms with Gasteiger partial charge in [-0.05, 0) is 32.9 Å². The van der Waals surface area contributed by atoms with Gasteiger partial charge < -0.3 is 14.8 Å². The molecule has 0 aromatic carbocycles. The van der Waals surface area contributed by atoms with Crippen LogP contribution in [0.2, 0.25) is 0 Å². The minimum Gasteiger partial charge on any atom is -0.337 e. The highest BCUT2D eigenvalue weighted by atomic mass is 16.6. The molecule has 2 rings (SSSR count). The number of nitrogens with zero attached hydrogens (tertiary/aromatic N) is 3. The lowest BCUT2D eigenvalue weighted by atomic mass is 10.1. The quantitative estimate of drug-likeness (QED) is 0.647. The third-order valence-electron chi connectivity index (χ3n) is 3.72. The molecule has 0 saturated carbocycles. The van der Waals surface area contributed by atoms with Crippen LogP contribution in [0.3, 0.4) is 0 Å². The standard InChI is InChI=1S/C13H20N4O3/c1-3-15-9-11(17(19)20)6-12(15)13(18)16-5-4-10(8-16)7-14-2/h6,9-10,14H,3-5,7-8H2,1-2H3. The maximum Gasteiger partial charge on any atom is 0.287 e. The highest BCUT2D eigenvalue weighted by molar-refractivity contribution is 5.93. The molecule has 20 heavy (non-hydrogen) atoms. The summed E-state index contributed by atoms with van der Waals surface area (Å²) >= 11 is 0. The second kappa shape index (κ2) is 6.04. The zero-order valence-corrected chi connectivity index (χ0v) is 11.8. The topological polar surface area (TPSA) is 80.4 Å². The highest BCUT2D eigenvalue weighted by Crippen LogP contribution is 2.22. The molecule has 1 aromatic heterocycles. The Labute approximate surface area is 117 Å². The van der Waals surface area contributed by atoms with Crippen LogP contribution in [0.15, 0.2) is 12.3 Å². The molecule has 1 aliphatic rings. The first kappa shape index (κ1) is 14.5. The van der Waals surface area contributed by atoms with Gasteiger partial charge in [0.05, 0.1) is 11.1 Å². The van der Waals surface area contributed by atoms with E-state index in [0.29, 0.717) is 31.2 Å². The van der Waals surface area contributed by atoms with Crippen molar-refractivity contribution in [3.63, 3.8) is 0 Å². The first-order valence-electron chi connectivity index (χ1n) is 6.85. The van der Waals surface area contributed by atoms with Crippen molar-refractivity contribution in [2.75, 3.05) is 26.7 Å². The number of carbonyl (C=O) groups excluding carboxylic acids is 1. The van der Waals surface area contributed by atoms with Gasteiger partial charge in [-0.2, -0.15) is 0 Å². The summed E-state index contributed by atoms with van der Waals surface area (Å²) in [6, 6.07) is 1.37. The second-order valence-corrected chi connectivity index (χ2v) is 5.09. The van der Waals surface area contributed by atoms with Gasteiger partial charge in [-0.15, -0.1) is 0 Å². The van der Waals surface area contributed by atoms with Crippen molar-refractivity contribution in [3.05, 3.63) is 28.1 Å². The molecule has 1 N–H and O–H groups in total. The minimum atomic E-state index is -0.462. The van der Waals surface area contributed by atoms with E-state index in [1.165, 1.54) is 12.3 Å². The van der Waals surface area contributed by atoms with Crippen LogP contribution in [0.1, 0.15) is 23.8 Å². The molecule has 2 heterocycles. The molecule has 0 aliphatic carbocycles. The number of nitro groups is 1. The van der Waals surface area contributed by atoms with E-state index in [1.54, 1.807) is 9.47 Å². The maximum absolute atomic E-state index is 12.5. The Kier molecular flexibility index (Phi) is 4.39. The number of amides is 1. The fourth-order valence-electron chi connectivity index (χ4n) is 2.67. The monoisotopic (exact) mass is 280 g/mol. The third kappa shape index (κ3) is 2.82. The van der Waals surface area contributed by atoms with Crippen molar-refractivity contribution in [1.82, 2.24) is 14.8 Å². The molecule has 1 unspecified atom stereocenters. The van der Waals surface area contributed by atoms with Crippen LogP contribution >= 0.6 is 0 Å². The number of hydrogen-bond acceptors (Lipinski definition) is 4. The van der Waals surface area contributed by atoms with Crippen LogP contribution in [-0.4, -0.2) is 47.0 Å². The molecule has 1 aromatic rings. The number of aryl methyl sites for hydroxylation is 1. The zero-order valence-electron chi connectivity index (χ0n) is 11.8. The Morgan fingerprint density at radius 3 is 2.95 bits per heavy atom. The lowest BCUT2D eigenvalue weighted by Gasteiger charge is -2.17. The first-order chi connectivity index (χ1) is 9.56. The number of rotatable bonds is 5. The van der Waals surface area contributed by atoms with Gasteiger partial charge in [-0.3, -0.25) is 14.9 Å². The van der Waals surface area contributed by atoms with Crippen LogP contribution in [0, 0.1) is 16.0 Å². The number of aromatic nitrogens is 1. The Hall–Kier alpha value is -1.89. The van der Waals surface area contributed by atoms with Crippen molar-refractivity contribution < 1.29 is 9.72 Å². The summed E-state index contributed by atoms with van der Waals surface area (Å²) in [5, 5.41) is 13.9. The van der Waals surface area contributed by atoms with Crippen LogP contribution in [0.5, 0.6) is 0 Å². The summed E-state index contributed by atoms with van der Waals surface area (Å²) in [5.41, 5.74) is 0.380. The molecule has 0 bridgehead atoms. The maximum atomic E-state index is 12.5. The molecule has 110 valence electrons. The average molecular weight is 280 g/mol. The average Bonchev–Trinajstić information content (AvgIpc) is 3.04. The van der Waals surface area contributed by atoms with Gasteiger partial charge >= 0.3 is 0 Å². The van der Waals surface area contributed by atoms with E-state index in [4.69, 9.17) is 0 Å². The van der Waals surface area contributed by atoms with E-state index in [1.807, 2.05) is 14.0 Å². The fraction of sp³-hybridized carbons (Fsp3) is 0.615. The lowest BCUT2D eigenvalue weighted by Crippen LogP contribution is -2.31. The summed E-state index contributed by atoms with van der Waals surface area (Å²) in [4.78, 5) is 24.6. The van der Waals surface area contributed by atoms with Crippen molar-refractivity contribution >= 4 is 11.6 Å². The number of likely N-dealkylation sites (tertiary alicyclic amines) is 1. The predicted molar refractivity (Wildman–Crippen MR) is 74.7 cm³/mol. The molecule has 1 atom stereocenters. The fourth-order valence-corrected chi connectivity index (χ4v) is 2.67. The van der Waals surface area contributed by atoms with E-state index in [0.717, 1.165) is 13.0 Å². The largest absolute Gasteiger partial charge is 0.337 e. The summed E-state index contributed by atoms with van der Waals surface area (Å²) in [6.45, 7) is 4.73. The van der Waals surface area contributed by atoms with Crippen molar-refractivity contribution in [2.45, 2.75) is 19.9 Å². The molecular formula is C13H20N4O3. The number of carbonyl (C=O) groups is 1. The van der Waals surface area contributed by atoms with E-state index in [2.05, 4.69) is 5.32 Å². The Balaban J connectivity index is 2.15. The van der Waals surface area contributed by atoms with Gasteiger partial charge in [0, 0.05) is 25.7 Å². The molecule has 1 amide bonds. The van der Waals surface area contributed by atoms with Crippen LogP contribution < -0.4 is 5.32 Å². The predicted octanol–water partition coefficient (Wildman–Crippen LogP) is 1.10. The van der Waals surface area contributed by atoms with Gasteiger partial charge in [-0.25, -0.2) is 0 Å². The highest BCUT2D eigenvalue weighted by Gasteiger charge is 2.29. The lowest BCUT2D eigenvalue weighted by molar-refractivity contribution is -0.384. The van der Waals surface area contributed by atoms with E-state index in [9.17, 15) is 14.9 Å². The summed E-state index contributed by atoms with van der Waals surface area (Å²) in [6.07, 6.45) is 2.40. The first-order valence-corrected chi connectivity index (χ1v) is 6.85. The van der Waals surface area contributed by atoms with Crippen molar-refractivity contribution in [2.24, 2.45) is 5.92 Å². The van der Waals surface area contributed by atoms with Gasteiger partial charge in [0.25, 0.3) is 11.6 Å². The van der Waals surface area contributed by atoms with E-state index < -0.39 is 4.92 Å². The molecule has 7 heteroatoms. The Bertz CT molecular complexity index is 512. The number of nitrogens with one attached hydrogen (secondary N) is 1. The molecular weight excluding hydrogens is 260 g/mol. The van der Waals surface area contributed by atoms with E-state index in [-0.39, 0.29) is 11.6 Å². The molecule has 0 radical (unpaired) electrons. The molecule has 7 nitrogen and oxygen atoms in total. The number of hydrogen-bond donors (Lipinski definition) is 1. The van der Waals surface area contributed by atoms with Gasteiger partial charge in [-0.1, -0.05) is 0 Å². The SMILES string of the molecule is CCn1cc([N+](=O)[O-])cc1C(=O)N1CCC(CNC)C1. The molecule has 1 saturated heterocycles. The summed E-state index contributed by atoms with van der Waals surface area (Å²) in [5.74, 6) is 0.350. The second-order valence-electron chi connectivity index (χ2n) is 5.09. The van der Waals surface area contributed by atoms with Crippen LogP contribution in [-0.2, 0) is 6.54 Å². The van der Waals surface area contributed by atoms with Gasteiger partial charge in [0.2, 0.25) is 0 Å². The zero-order chi connectivity index (χ0) is 14.7. The molecule has 1 aliphatic heterocycles. The van der Waals surface area contributed by atoms with E-state index >= 15 is 0 Å². The smallest absolute Gasteiger partial charge is 0.287 e. The van der Waals surface area contributed by atoms with Gasteiger partial charge in [0.15, 0.2) is 0 Å². The summed E-state index contributed by atoms with van der Waals surface area (Å²) < 4.78 is 1.64. The third-order valence-corrected chi connectivity index (χ3v) is 3.72. The normalized spacial score (nSPS) is 18.5.